The van der Waals surface area contributed by atoms with Gasteiger partial charge in [-0.25, -0.2) is 8.42 Å². The van der Waals surface area contributed by atoms with E-state index in [4.69, 9.17) is 10.00 Å². The monoisotopic (exact) mass is 384 g/mol. The van der Waals surface area contributed by atoms with E-state index in [1.165, 1.54) is 4.31 Å². The third kappa shape index (κ3) is 4.18. The van der Waals surface area contributed by atoms with E-state index < -0.39 is 22.0 Å². The lowest BCUT2D eigenvalue weighted by Gasteiger charge is -2.34. The van der Waals surface area contributed by atoms with E-state index >= 15 is 0 Å². The maximum absolute atomic E-state index is 12.7. The number of ether oxygens (including phenoxy) is 1. The number of rotatable bonds is 5. The predicted molar refractivity (Wildman–Crippen MR) is 99.9 cm³/mol. The van der Waals surface area contributed by atoms with E-state index in [-0.39, 0.29) is 18.9 Å². The highest BCUT2D eigenvalue weighted by atomic mass is 32.2. The van der Waals surface area contributed by atoms with Gasteiger partial charge in [0.05, 0.1) is 17.4 Å². The summed E-state index contributed by atoms with van der Waals surface area (Å²) in [5.74, 6) is -0.639. The molecule has 0 aliphatic carbocycles. The fourth-order valence-electron chi connectivity index (χ4n) is 3.08. The second-order valence-corrected chi connectivity index (χ2v) is 8.56. The highest BCUT2D eigenvalue weighted by Gasteiger charge is 2.38. The Morgan fingerprint density at radius 2 is 1.85 bits per heavy atom. The van der Waals surface area contributed by atoms with Crippen molar-refractivity contribution in [2.75, 3.05) is 5.75 Å². The molecule has 0 saturated heterocycles. The molecule has 6 nitrogen and oxygen atoms in total. The SMILES string of the molecule is CCS(=O)(=O)N1Cc2ccccc2CC1C(=O)OCc1ccc(C#N)cc1. The third-order valence-corrected chi connectivity index (χ3v) is 6.49. The number of esters is 1. The molecule has 27 heavy (non-hydrogen) atoms. The van der Waals surface area contributed by atoms with Crippen LogP contribution in [0.25, 0.3) is 0 Å². The average Bonchev–Trinajstić information content (AvgIpc) is 2.71. The van der Waals surface area contributed by atoms with Gasteiger partial charge in [-0.1, -0.05) is 36.4 Å². The maximum Gasteiger partial charge on any atom is 0.325 e. The van der Waals surface area contributed by atoms with Crippen LogP contribution in [0.1, 0.15) is 29.2 Å². The van der Waals surface area contributed by atoms with Gasteiger partial charge in [-0.3, -0.25) is 4.79 Å². The summed E-state index contributed by atoms with van der Waals surface area (Å²) in [5, 5.41) is 8.83. The normalized spacial score (nSPS) is 17.0. The molecule has 1 unspecified atom stereocenters. The van der Waals surface area contributed by atoms with Crippen molar-refractivity contribution < 1.29 is 17.9 Å². The number of fused-ring (bicyclic) bond motifs is 1. The van der Waals surface area contributed by atoms with Crippen molar-refractivity contribution in [2.24, 2.45) is 0 Å². The van der Waals surface area contributed by atoms with Crippen LogP contribution >= 0.6 is 0 Å². The zero-order valence-electron chi connectivity index (χ0n) is 15.0. The molecule has 0 amide bonds. The Kier molecular flexibility index (Phi) is 5.59. The molecule has 1 heterocycles. The first kappa shape index (κ1) is 19.1. The van der Waals surface area contributed by atoms with Gasteiger partial charge in [0.25, 0.3) is 0 Å². The fraction of sp³-hybridized carbons (Fsp3) is 0.300. The van der Waals surface area contributed by atoms with Gasteiger partial charge in [-0.15, -0.1) is 0 Å². The molecular weight excluding hydrogens is 364 g/mol. The minimum Gasteiger partial charge on any atom is -0.460 e. The molecule has 1 aliphatic heterocycles. The minimum atomic E-state index is -3.55. The number of carbonyl (C=O) groups excluding carboxylic acids is 1. The summed E-state index contributed by atoms with van der Waals surface area (Å²) in [5.41, 5.74) is 3.13. The smallest absolute Gasteiger partial charge is 0.325 e. The van der Waals surface area contributed by atoms with Crippen LogP contribution < -0.4 is 0 Å². The fourth-order valence-corrected chi connectivity index (χ4v) is 4.30. The molecule has 0 N–H and O–H groups in total. The lowest BCUT2D eigenvalue weighted by molar-refractivity contribution is -0.150. The number of nitriles is 1. The lowest BCUT2D eigenvalue weighted by atomic mass is 9.96. The molecule has 0 fully saturated rings. The summed E-state index contributed by atoms with van der Waals surface area (Å²) in [4.78, 5) is 12.7. The van der Waals surface area contributed by atoms with E-state index in [2.05, 4.69) is 0 Å². The first-order chi connectivity index (χ1) is 12.9. The summed E-state index contributed by atoms with van der Waals surface area (Å²) in [6, 6.07) is 15.4. The van der Waals surface area contributed by atoms with Crippen LogP contribution in [0.5, 0.6) is 0 Å². The molecule has 3 rings (SSSR count). The number of carbonyl (C=O) groups is 1. The quantitative estimate of drug-likeness (QED) is 0.739. The van der Waals surface area contributed by atoms with Crippen molar-refractivity contribution in [1.82, 2.24) is 4.31 Å². The number of hydrogen-bond acceptors (Lipinski definition) is 5. The number of sulfonamides is 1. The topological polar surface area (TPSA) is 87.5 Å². The van der Waals surface area contributed by atoms with E-state index in [1.807, 2.05) is 30.3 Å². The Morgan fingerprint density at radius 1 is 1.19 bits per heavy atom. The van der Waals surface area contributed by atoms with E-state index in [9.17, 15) is 13.2 Å². The Hall–Kier alpha value is -2.69. The van der Waals surface area contributed by atoms with E-state index in [0.717, 1.165) is 16.7 Å². The Bertz CT molecular complexity index is 978. The number of hydrogen-bond donors (Lipinski definition) is 0. The van der Waals surface area contributed by atoms with Crippen molar-refractivity contribution >= 4 is 16.0 Å². The molecule has 0 saturated carbocycles. The van der Waals surface area contributed by atoms with Crippen LogP contribution in [0.4, 0.5) is 0 Å². The average molecular weight is 384 g/mol. The maximum atomic E-state index is 12.7. The van der Waals surface area contributed by atoms with E-state index in [1.54, 1.807) is 31.2 Å². The number of benzene rings is 2. The Labute approximate surface area is 159 Å². The van der Waals surface area contributed by atoms with Crippen molar-refractivity contribution in [3.8, 4) is 6.07 Å². The van der Waals surface area contributed by atoms with Crippen molar-refractivity contribution in [1.29, 1.82) is 5.26 Å². The first-order valence-corrected chi connectivity index (χ1v) is 10.3. The molecule has 2 aromatic carbocycles. The van der Waals surface area contributed by atoms with Crippen LogP contribution in [0.3, 0.4) is 0 Å². The summed E-state index contributed by atoms with van der Waals surface area (Å²) >= 11 is 0. The van der Waals surface area contributed by atoms with Gasteiger partial charge in [0.15, 0.2) is 0 Å². The van der Waals surface area contributed by atoms with Gasteiger partial charge in [0, 0.05) is 13.0 Å². The van der Waals surface area contributed by atoms with Crippen LogP contribution in [0, 0.1) is 11.3 Å². The second-order valence-electron chi connectivity index (χ2n) is 6.35. The van der Waals surface area contributed by atoms with Crippen molar-refractivity contribution in [2.45, 2.75) is 32.5 Å². The van der Waals surface area contributed by atoms with Gasteiger partial charge in [-0.05, 0) is 35.7 Å². The zero-order chi connectivity index (χ0) is 19.4. The molecule has 0 radical (unpaired) electrons. The summed E-state index contributed by atoms with van der Waals surface area (Å²) < 4.78 is 31.7. The number of nitrogens with zero attached hydrogens (tertiary/aromatic N) is 2. The van der Waals surface area contributed by atoms with Gasteiger partial charge >= 0.3 is 5.97 Å². The molecule has 1 atom stereocenters. The highest BCUT2D eigenvalue weighted by molar-refractivity contribution is 7.89. The standard InChI is InChI=1S/C20H20N2O4S/c1-2-27(24,25)22-13-18-6-4-3-5-17(18)11-19(22)20(23)26-14-16-9-7-15(12-21)8-10-16/h3-10,19H,2,11,13-14H2,1H3. The minimum absolute atomic E-state index is 0.0305. The van der Waals surface area contributed by atoms with Crippen LogP contribution in [-0.4, -0.2) is 30.5 Å². The molecular formula is C20H20N2O4S. The van der Waals surface area contributed by atoms with Crippen LogP contribution in [0.15, 0.2) is 48.5 Å². The molecule has 0 aromatic heterocycles. The van der Waals surface area contributed by atoms with Gasteiger partial charge in [-0.2, -0.15) is 9.57 Å². The van der Waals surface area contributed by atoms with Gasteiger partial charge in [0.1, 0.15) is 12.6 Å². The molecule has 2 aromatic rings. The lowest BCUT2D eigenvalue weighted by Crippen LogP contribution is -2.49. The summed E-state index contributed by atoms with van der Waals surface area (Å²) in [6.07, 6.45) is 0.293. The van der Waals surface area contributed by atoms with Gasteiger partial charge < -0.3 is 4.74 Å². The van der Waals surface area contributed by atoms with E-state index in [0.29, 0.717) is 12.0 Å². The largest absolute Gasteiger partial charge is 0.460 e. The van der Waals surface area contributed by atoms with Crippen LogP contribution in [-0.2, 0) is 39.1 Å². The predicted octanol–water partition coefficient (Wildman–Crippen LogP) is 2.38. The molecule has 1 aliphatic rings. The highest BCUT2D eigenvalue weighted by Crippen LogP contribution is 2.27. The van der Waals surface area contributed by atoms with Crippen molar-refractivity contribution in [3.63, 3.8) is 0 Å². The van der Waals surface area contributed by atoms with Gasteiger partial charge in [0.2, 0.25) is 10.0 Å². The molecule has 0 bridgehead atoms. The van der Waals surface area contributed by atoms with Crippen LogP contribution in [0.2, 0.25) is 0 Å². The summed E-state index contributed by atoms with van der Waals surface area (Å²) in [6.45, 7) is 1.76. The molecule has 140 valence electrons. The second kappa shape index (κ2) is 7.91. The zero-order valence-corrected chi connectivity index (χ0v) is 15.8. The Morgan fingerprint density at radius 3 is 2.48 bits per heavy atom. The first-order valence-electron chi connectivity index (χ1n) is 8.66. The third-order valence-electron chi connectivity index (χ3n) is 4.66. The summed E-state index contributed by atoms with van der Waals surface area (Å²) in [7, 11) is -3.55. The Balaban J connectivity index is 1.78. The van der Waals surface area contributed by atoms with Crippen molar-refractivity contribution in [3.05, 3.63) is 70.8 Å². The molecule has 7 heteroatoms. The molecule has 0 spiro atoms.